The molecule has 2 N–H and O–H groups in total. The molecule has 0 aliphatic carbocycles. The Bertz CT molecular complexity index is 699. The molecule has 0 amide bonds. The molecule has 0 atom stereocenters. The van der Waals surface area contributed by atoms with E-state index in [1.807, 2.05) is 30.5 Å². The highest BCUT2D eigenvalue weighted by atomic mass is 32.1. The molecule has 0 saturated heterocycles. The van der Waals surface area contributed by atoms with Crippen molar-refractivity contribution < 1.29 is 9.90 Å². The summed E-state index contributed by atoms with van der Waals surface area (Å²) in [5.74, 6) is -0.985. The number of carbonyl (C=O) groups is 1. The van der Waals surface area contributed by atoms with Crippen molar-refractivity contribution in [1.82, 2.24) is 9.97 Å². The highest BCUT2D eigenvalue weighted by Crippen LogP contribution is 2.29. The number of aromatic amines is 1. The van der Waals surface area contributed by atoms with E-state index in [1.165, 1.54) is 0 Å². The maximum Gasteiger partial charge on any atom is 0.365 e. The largest absolute Gasteiger partial charge is 0.476 e. The van der Waals surface area contributed by atoms with Crippen LogP contribution in [0.4, 0.5) is 0 Å². The van der Waals surface area contributed by atoms with Crippen molar-refractivity contribution in [1.29, 1.82) is 0 Å². The Morgan fingerprint density at radius 2 is 2.18 bits per heavy atom. The number of fused-ring (bicyclic) bond motifs is 1. The summed E-state index contributed by atoms with van der Waals surface area (Å²) in [6.07, 6.45) is 1.85. The number of nitrogens with one attached hydrogen (secondary N) is 1. The van der Waals surface area contributed by atoms with Gasteiger partial charge in [0.15, 0.2) is 0 Å². The Morgan fingerprint density at radius 1 is 1.35 bits per heavy atom. The fourth-order valence-electron chi connectivity index (χ4n) is 1.78. The van der Waals surface area contributed by atoms with Crippen LogP contribution >= 0.6 is 11.3 Å². The lowest BCUT2D eigenvalue weighted by Gasteiger charge is -1.93. The van der Waals surface area contributed by atoms with Crippen LogP contribution in [0.25, 0.3) is 22.2 Å². The smallest absolute Gasteiger partial charge is 0.365 e. The second kappa shape index (κ2) is 3.71. The Morgan fingerprint density at radius 3 is 2.94 bits per heavy atom. The minimum Gasteiger partial charge on any atom is -0.476 e. The predicted octanol–water partition coefficient (Wildman–Crippen LogP) is 2.99. The van der Waals surface area contributed by atoms with Gasteiger partial charge in [-0.2, -0.15) is 0 Å². The number of rotatable bonds is 2. The van der Waals surface area contributed by atoms with Gasteiger partial charge < -0.3 is 10.1 Å². The normalized spacial score (nSPS) is 10.8. The fourth-order valence-corrected chi connectivity index (χ4v) is 2.43. The summed E-state index contributed by atoms with van der Waals surface area (Å²) in [5, 5.41) is 11.8. The molecule has 4 nitrogen and oxygen atoms in total. The van der Waals surface area contributed by atoms with Gasteiger partial charge in [0, 0.05) is 28.0 Å². The van der Waals surface area contributed by atoms with Crippen LogP contribution in [-0.2, 0) is 0 Å². The number of carboxylic acids is 1. The molecule has 0 aliphatic heterocycles. The molecule has 0 fully saturated rings. The molecule has 17 heavy (non-hydrogen) atoms. The Balaban J connectivity index is 2.17. The SMILES string of the molecule is O=C(O)c1nc(-c2c[nH]c3ccccc23)cs1. The van der Waals surface area contributed by atoms with Crippen LogP contribution < -0.4 is 0 Å². The van der Waals surface area contributed by atoms with Crippen molar-refractivity contribution in [2.45, 2.75) is 0 Å². The topological polar surface area (TPSA) is 66.0 Å². The van der Waals surface area contributed by atoms with E-state index in [1.54, 1.807) is 5.38 Å². The summed E-state index contributed by atoms with van der Waals surface area (Å²) in [6.45, 7) is 0. The molecule has 1 aromatic carbocycles. The number of H-pyrrole nitrogens is 1. The van der Waals surface area contributed by atoms with Crippen LogP contribution in [0.3, 0.4) is 0 Å². The number of aromatic carboxylic acids is 1. The van der Waals surface area contributed by atoms with Crippen molar-refractivity contribution in [3.8, 4) is 11.3 Å². The van der Waals surface area contributed by atoms with Crippen LogP contribution in [0.15, 0.2) is 35.8 Å². The van der Waals surface area contributed by atoms with Crippen molar-refractivity contribution in [3.05, 3.63) is 40.8 Å². The lowest BCUT2D eigenvalue weighted by Crippen LogP contribution is -1.94. The van der Waals surface area contributed by atoms with Gasteiger partial charge in [-0.15, -0.1) is 11.3 Å². The molecular weight excluding hydrogens is 236 g/mol. The number of hydrogen-bond acceptors (Lipinski definition) is 3. The van der Waals surface area contributed by atoms with E-state index in [0.717, 1.165) is 27.8 Å². The van der Waals surface area contributed by atoms with Crippen molar-refractivity contribution in [2.75, 3.05) is 0 Å². The van der Waals surface area contributed by atoms with Crippen LogP contribution in [0.1, 0.15) is 9.80 Å². The maximum atomic E-state index is 10.8. The average molecular weight is 244 g/mol. The monoisotopic (exact) mass is 244 g/mol. The van der Waals surface area contributed by atoms with Gasteiger partial charge in [0.25, 0.3) is 0 Å². The zero-order valence-corrected chi connectivity index (χ0v) is 9.49. The Labute approximate surface area is 101 Å². The summed E-state index contributed by atoms with van der Waals surface area (Å²) in [5.41, 5.74) is 2.65. The van der Waals surface area contributed by atoms with Gasteiger partial charge in [-0.3, -0.25) is 0 Å². The van der Waals surface area contributed by atoms with Crippen LogP contribution in [0.2, 0.25) is 0 Å². The highest BCUT2D eigenvalue weighted by Gasteiger charge is 2.12. The van der Waals surface area contributed by atoms with Gasteiger partial charge in [0.2, 0.25) is 5.01 Å². The summed E-state index contributed by atoms with van der Waals surface area (Å²) in [6, 6.07) is 7.86. The van der Waals surface area contributed by atoms with Gasteiger partial charge in [-0.05, 0) is 6.07 Å². The third-order valence-corrected chi connectivity index (χ3v) is 3.38. The molecule has 0 bridgehead atoms. The van der Waals surface area contributed by atoms with Crippen molar-refractivity contribution in [3.63, 3.8) is 0 Å². The van der Waals surface area contributed by atoms with E-state index in [9.17, 15) is 4.79 Å². The number of hydrogen-bond donors (Lipinski definition) is 2. The van der Waals surface area contributed by atoms with Crippen LogP contribution in [0, 0.1) is 0 Å². The molecule has 3 rings (SSSR count). The highest BCUT2D eigenvalue weighted by molar-refractivity contribution is 7.11. The lowest BCUT2D eigenvalue weighted by molar-refractivity contribution is 0.0696. The van der Waals surface area contributed by atoms with Gasteiger partial charge in [0.05, 0.1) is 5.69 Å². The number of aromatic nitrogens is 2. The second-order valence-corrected chi connectivity index (χ2v) is 4.45. The molecule has 3 aromatic rings. The zero-order chi connectivity index (χ0) is 11.8. The quantitative estimate of drug-likeness (QED) is 0.728. The first-order valence-corrected chi connectivity index (χ1v) is 5.89. The third kappa shape index (κ3) is 1.60. The first-order chi connectivity index (χ1) is 8.25. The van der Waals surface area contributed by atoms with E-state index in [-0.39, 0.29) is 5.01 Å². The Kier molecular flexibility index (Phi) is 2.19. The molecule has 0 unspecified atom stereocenters. The lowest BCUT2D eigenvalue weighted by atomic mass is 10.1. The fraction of sp³-hybridized carbons (Fsp3) is 0. The Hall–Kier alpha value is -2.14. The second-order valence-electron chi connectivity index (χ2n) is 3.59. The summed E-state index contributed by atoms with van der Waals surface area (Å²) in [7, 11) is 0. The van der Waals surface area contributed by atoms with Gasteiger partial charge in [-0.1, -0.05) is 18.2 Å². The van der Waals surface area contributed by atoms with Crippen molar-refractivity contribution >= 4 is 28.2 Å². The first kappa shape index (κ1) is 10.0. The van der Waals surface area contributed by atoms with Crippen LogP contribution in [-0.4, -0.2) is 21.0 Å². The third-order valence-electron chi connectivity index (χ3n) is 2.55. The van der Waals surface area contributed by atoms with Crippen molar-refractivity contribution in [2.24, 2.45) is 0 Å². The number of para-hydroxylation sites is 1. The van der Waals surface area contributed by atoms with Gasteiger partial charge in [-0.25, -0.2) is 9.78 Å². The molecule has 0 aliphatic rings. The van der Waals surface area contributed by atoms with E-state index in [0.29, 0.717) is 5.69 Å². The predicted molar refractivity (Wildman–Crippen MR) is 66.4 cm³/mol. The van der Waals surface area contributed by atoms with Crippen LogP contribution in [0.5, 0.6) is 0 Å². The van der Waals surface area contributed by atoms with E-state index in [4.69, 9.17) is 5.11 Å². The molecule has 0 radical (unpaired) electrons. The standard InChI is InChI=1S/C12H8N2O2S/c15-12(16)11-14-10(6-17-11)8-5-13-9-4-2-1-3-7(8)9/h1-6,13H,(H,15,16). The molecular formula is C12H8N2O2S. The molecule has 84 valence electrons. The van der Waals surface area contributed by atoms with Gasteiger partial charge >= 0.3 is 5.97 Å². The maximum absolute atomic E-state index is 10.8. The minimum absolute atomic E-state index is 0.116. The summed E-state index contributed by atoms with van der Waals surface area (Å²) < 4.78 is 0. The molecule has 0 spiro atoms. The first-order valence-electron chi connectivity index (χ1n) is 5.01. The minimum atomic E-state index is -0.985. The van der Waals surface area contributed by atoms with E-state index in [2.05, 4.69) is 9.97 Å². The molecule has 2 aromatic heterocycles. The molecule has 2 heterocycles. The van der Waals surface area contributed by atoms with E-state index >= 15 is 0 Å². The summed E-state index contributed by atoms with van der Waals surface area (Å²) in [4.78, 5) is 18.0. The number of nitrogens with zero attached hydrogens (tertiary/aromatic N) is 1. The molecule has 0 saturated carbocycles. The number of thiazole rings is 1. The average Bonchev–Trinajstić information content (AvgIpc) is 2.95. The summed E-state index contributed by atoms with van der Waals surface area (Å²) >= 11 is 1.14. The zero-order valence-electron chi connectivity index (χ0n) is 8.68. The van der Waals surface area contributed by atoms with Gasteiger partial charge in [0.1, 0.15) is 0 Å². The molecule has 5 heteroatoms. The number of benzene rings is 1. The number of carboxylic acid groups (broad SMARTS) is 1. The van der Waals surface area contributed by atoms with E-state index < -0.39 is 5.97 Å².